The molecule has 7 nitrogen and oxygen atoms in total. The Morgan fingerprint density at radius 3 is 2.38 bits per heavy atom. The van der Waals surface area contributed by atoms with Gasteiger partial charge in [-0.15, -0.1) is 23.7 Å². The maximum atomic E-state index is 13.4. The van der Waals surface area contributed by atoms with Crippen LogP contribution in [-0.4, -0.2) is 28.2 Å². The van der Waals surface area contributed by atoms with Gasteiger partial charge in [-0.1, -0.05) is 12.1 Å². The molecule has 0 aliphatic heterocycles. The van der Waals surface area contributed by atoms with Gasteiger partial charge in [0.1, 0.15) is 0 Å². The van der Waals surface area contributed by atoms with Gasteiger partial charge in [0.25, 0.3) is 10.0 Å². The number of halogens is 4. The number of thiazole rings is 1. The summed E-state index contributed by atoms with van der Waals surface area (Å²) in [7, 11) is -4.04. The summed E-state index contributed by atoms with van der Waals surface area (Å²) in [6.45, 7) is 1.84. The minimum atomic E-state index is -4.66. The number of sulfonamides is 1. The van der Waals surface area contributed by atoms with Gasteiger partial charge in [-0.25, -0.2) is 28.2 Å². The second kappa shape index (κ2) is 8.62. The number of hydrogen-bond donors (Lipinski definition) is 1. The fourth-order valence-corrected chi connectivity index (χ4v) is 4.05. The zero-order chi connectivity index (χ0) is 22.4. The molecule has 0 amide bonds. The number of pyridine rings is 1. The Morgan fingerprint density at radius 2 is 1.84 bits per heavy atom. The molecule has 0 radical (unpaired) electrons. The van der Waals surface area contributed by atoms with Gasteiger partial charge in [0.05, 0.1) is 28.8 Å². The van der Waals surface area contributed by atoms with Crippen molar-refractivity contribution < 1.29 is 21.6 Å². The predicted molar refractivity (Wildman–Crippen MR) is 116 cm³/mol. The molecular weight excluding hydrogens is 487 g/mol. The third-order valence-corrected chi connectivity index (χ3v) is 5.90. The zero-order valence-electron chi connectivity index (χ0n) is 16.2. The second-order valence-corrected chi connectivity index (χ2v) is 8.85. The van der Waals surface area contributed by atoms with Crippen molar-refractivity contribution in [3.8, 4) is 28.2 Å². The number of nitrogens with two attached hydrogens (primary N) is 1. The molecule has 0 atom stereocenters. The van der Waals surface area contributed by atoms with Gasteiger partial charge in [-0.2, -0.15) is 18.3 Å². The summed E-state index contributed by atoms with van der Waals surface area (Å²) in [5, 5.41) is 10.2. The van der Waals surface area contributed by atoms with E-state index < -0.39 is 26.9 Å². The summed E-state index contributed by atoms with van der Waals surface area (Å²) >= 11 is 1.44. The maximum Gasteiger partial charge on any atom is 0.435 e. The highest BCUT2D eigenvalue weighted by Crippen LogP contribution is 2.35. The highest BCUT2D eigenvalue weighted by atomic mass is 35.5. The minimum absolute atomic E-state index is 0. The Kier molecular flexibility index (Phi) is 6.43. The van der Waals surface area contributed by atoms with Crippen LogP contribution in [0.4, 0.5) is 13.2 Å². The number of benzene rings is 1. The fraction of sp³-hybridized carbons (Fsp3) is 0.105. The van der Waals surface area contributed by atoms with Crippen LogP contribution in [0.3, 0.4) is 0 Å². The van der Waals surface area contributed by atoms with Gasteiger partial charge in [-0.05, 0) is 36.8 Å². The number of nitrogens with zero attached hydrogens (tertiary/aromatic N) is 4. The van der Waals surface area contributed by atoms with Gasteiger partial charge in [0.2, 0.25) is 0 Å². The third kappa shape index (κ3) is 4.67. The zero-order valence-corrected chi connectivity index (χ0v) is 18.7. The van der Waals surface area contributed by atoms with E-state index in [9.17, 15) is 21.6 Å². The molecule has 0 saturated carbocycles. The molecule has 0 aliphatic rings. The lowest BCUT2D eigenvalue weighted by atomic mass is 10.0. The van der Waals surface area contributed by atoms with E-state index in [4.69, 9.17) is 5.14 Å². The molecule has 0 fully saturated rings. The molecule has 32 heavy (non-hydrogen) atoms. The van der Waals surface area contributed by atoms with E-state index in [1.54, 1.807) is 23.7 Å². The normalized spacial score (nSPS) is 11.9. The van der Waals surface area contributed by atoms with Crippen LogP contribution < -0.4 is 5.14 Å². The van der Waals surface area contributed by atoms with Gasteiger partial charge >= 0.3 is 6.18 Å². The lowest BCUT2D eigenvalue weighted by Crippen LogP contribution is -2.14. The van der Waals surface area contributed by atoms with E-state index in [1.807, 2.05) is 12.3 Å². The van der Waals surface area contributed by atoms with Crippen molar-refractivity contribution in [1.82, 2.24) is 19.7 Å². The average Bonchev–Trinajstić information content (AvgIpc) is 3.37. The lowest BCUT2D eigenvalue weighted by Gasteiger charge is -2.10. The summed E-state index contributed by atoms with van der Waals surface area (Å²) in [5.41, 5.74) is 3.91. The topological polar surface area (TPSA) is 104 Å². The summed E-state index contributed by atoms with van der Waals surface area (Å²) in [6, 6.07) is 8.55. The molecular formula is C19H15ClF3N5O2S2. The van der Waals surface area contributed by atoms with Crippen molar-refractivity contribution in [2.75, 3.05) is 0 Å². The van der Waals surface area contributed by atoms with Gasteiger partial charge in [-0.3, -0.25) is 0 Å². The molecule has 0 saturated heterocycles. The van der Waals surface area contributed by atoms with Crippen molar-refractivity contribution in [3.63, 3.8) is 0 Å². The molecule has 4 aromatic rings. The monoisotopic (exact) mass is 501 g/mol. The van der Waals surface area contributed by atoms with Crippen molar-refractivity contribution in [2.45, 2.75) is 18.1 Å². The molecule has 3 heterocycles. The van der Waals surface area contributed by atoms with Crippen LogP contribution in [0, 0.1) is 6.92 Å². The SMILES string of the molecule is Cc1cc(-c2cc(C(F)(F)F)nn2-c2ccc(S(N)(=O)=O)nc2)ccc1-c1cscn1.Cl. The number of primary sulfonamides is 1. The summed E-state index contributed by atoms with van der Waals surface area (Å²) < 4.78 is 64.0. The molecule has 1 aromatic carbocycles. The number of rotatable bonds is 4. The first-order chi connectivity index (χ1) is 14.5. The number of alkyl halides is 3. The molecule has 0 bridgehead atoms. The van der Waals surface area contributed by atoms with E-state index in [1.165, 1.54) is 17.4 Å². The van der Waals surface area contributed by atoms with Gasteiger partial charge in [0, 0.05) is 16.5 Å². The molecule has 13 heteroatoms. The quantitative estimate of drug-likeness (QED) is 0.445. The molecule has 4 rings (SSSR count). The first-order valence-corrected chi connectivity index (χ1v) is 11.2. The van der Waals surface area contributed by atoms with Crippen LogP contribution in [0.25, 0.3) is 28.2 Å². The highest BCUT2D eigenvalue weighted by Gasteiger charge is 2.35. The Morgan fingerprint density at radius 1 is 1.09 bits per heavy atom. The largest absolute Gasteiger partial charge is 0.435 e. The van der Waals surface area contributed by atoms with E-state index in [0.29, 0.717) is 5.56 Å². The number of hydrogen-bond acceptors (Lipinski definition) is 6. The standard InChI is InChI=1S/C19H14F3N5O2S2.ClH/c1-11-6-12(2-4-14(11)15-9-30-10-25-15)16-7-17(19(20,21)22)26-27(16)13-3-5-18(24-8-13)31(23,28)29;/h2-10H,1H3,(H2,23,28,29);1H. The number of aryl methyl sites for hydroxylation is 1. The third-order valence-electron chi connectivity index (χ3n) is 4.49. The van der Waals surface area contributed by atoms with Crippen LogP contribution in [-0.2, 0) is 16.2 Å². The molecule has 0 spiro atoms. The Balaban J connectivity index is 0.00000289. The molecule has 0 unspecified atom stereocenters. The van der Waals surface area contributed by atoms with Crippen LogP contribution in [0.1, 0.15) is 11.3 Å². The molecule has 2 N–H and O–H groups in total. The van der Waals surface area contributed by atoms with Crippen molar-refractivity contribution in [1.29, 1.82) is 0 Å². The van der Waals surface area contributed by atoms with E-state index in [2.05, 4.69) is 15.1 Å². The Bertz CT molecular complexity index is 1350. The fourth-order valence-electron chi connectivity index (χ4n) is 3.04. The highest BCUT2D eigenvalue weighted by molar-refractivity contribution is 7.89. The first-order valence-electron chi connectivity index (χ1n) is 8.70. The Hall–Kier alpha value is -2.80. The van der Waals surface area contributed by atoms with Crippen molar-refractivity contribution >= 4 is 33.8 Å². The number of aromatic nitrogens is 4. The predicted octanol–water partition coefficient (Wildman–Crippen LogP) is 4.45. The van der Waals surface area contributed by atoms with E-state index in [0.717, 1.165) is 39.8 Å². The van der Waals surface area contributed by atoms with Crippen LogP contribution >= 0.6 is 23.7 Å². The van der Waals surface area contributed by atoms with Gasteiger partial charge < -0.3 is 0 Å². The summed E-state index contributed by atoms with van der Waals surface area (Å²) in [5.74, 6) is 0. The van der Waals surface area contributed by atoms with E-state index in [-0.39, 0.29) is 23.8 Å². The average molecular weight is 502 g/mol. The van der Waals surface area contributed by atoms with Crippen LogP contribution in [0.5, 0.6) is 0 Å². The summed E-state index contributed by atoms with van der Waals surface area (Å²) in [6.07, 6.45) is -3.56. The van der Waals surface area contributed by atoms with Crippen LogP contribution in [0.2, 0.25) is 0 Å². The molecule has 3 aromatic heterocycles. The Labute approximate surface area is 191 Å². The molecule has 0 aliphatic carbocycles. The summed E-state index contributed by atoms with van der Waals surface area (Å²) in [4.78, 5) is 8.00. The first kappa shape index (κ1) is 23.9. The van der Waals surface area contributed by atoms with Crippen molar-refractivity contribution in [2.24, 2.45) is 5.14 Å². The molecule has 168 valence electrons. The van der Waals surface area contributed by atoms with Gasteiger partial charge in [0.15, 0.2) is 10.7 Å². The smallest absolute Gasteiger partial charge is 0.245 e. The van der Waals surface area contributed by atoms with Crippen molar-refractivity contribution in [3.05, 3.63) is 64.7 Å². The minimum Gasteiger partial charge on any atom is -0.245 e. The maximum absolute atomic E-state index is 13.4. The van der Waals surface area contributed by atoms with E-state index >= 15 is 0 Å². The second-order valence-electron chi connectivity index (χ2n) is 6.63. The lowest BCUT2D eigenvalue weighted by molar-refractivity contribution is -0.141. The van der Waals surface area contributed by atoms with Crippen LogP contribution in [0.15, 0.2) is 58.5 Å².